The fourth-order valence-electron chi connectivity index (χ4n) is 1.32. The van der Waals surface area contributed by atoms with Gasteiger partial charge in [-0.25, -0.2) is 0 Å². The van der Waals surface area contributed by atoms with Crippen LogP contribution in [-0.2, 0) is 9.53 Å². The van der Waals surface area contributed by atoms with Gasteiger partial charge in [0, 0.05) is 18.4 Å². The summed E-state index contributed by atoms with van der Waals surface area (Å²) in [6.45, 7) is 3.40. The number of hydrogen-bond acceptors (Lipinski definition) is 3. The van der Waals surface area contributed by atoms with E-state index >= 15 is 0 Å². The summed E-state index contributed by atoms with van der Waals surface area (Å²) in [6, 6.07) is 5.49. The topological polar surface area (TPSA) is 58.6 Å². The molecule has 0 aliphatic carbocycles. The number of nitrogens with one attached hydrogen (secondary N) is 1. The highest BCUT2D eigenvalue weighted by Gasteiger charge is 2.12. The second kappa shape index (κ2) is 6.80. The number of carbonyl (C=O) groups is 1. The quantitative estimate of drug-likeness (QED) is 0.792. The second-order valence-electron chi connectivity index (χ2n) is 3.86. The zero-order valence-electron chi connectivity index (χ0n) is 10.8. The molecule has 18 heavy (non-hydrogen) atoms. The molecular formula is C14H17NO3. The van der Waals surface area contributed by atoms with Gasteiger partial charge >= 0.3 is 0 Å². The molecule has 0 radical (unpaired) electrons. The summed E-state index contributed by atoms with van der Waals surface area (Å²) < 4.78 is 4.95. The summed E-state index contributed by atoms with van der Waals surface area (Å²) in [4.78, 5) is 11.7. The first kappa shape index (κ1) is 14.2. The van der Waals surface area contributed by atoms with Crippen LogP contribution < -0.4 is 5.32 Å². The molecular weight excluding hydrogens is 230 g/mol. The smallest absolute Gasteiger partial charge is 0.253 e. The lowest BCUT2D eigenvalue weighted by Crippen LogP contribution is -2.26. The van der Waals surface area contributed by atoms with Crippen LogP contribution in [0.1, 0.15) is 18.1 Å². The molecule has 0 saturated carbocycles. The van der Waals surface area contributed by atoms with Crippen molar-refractivity contribution < 1.29 is 14.6 Å². The third-order valence-corrected chi connectivity index (χ3v) is 2.53. The maximum absolute atomic E-state index is 11.7. The Labute approximate surface area is 107 Å². The van der Waals surface area contributed by atoms with Gasteiger partial charge in [0.05, 0.1) is 0 Å². The number of aryl methyl sites for hydroxylation is 1. The van der Waals surface area contributed by atoms with Gasteiger partial charge < -0.3 is 15.2 Å². The van der Waals surface area contributed by atoms with Gasteiger partial charge in [-0.3, -0.25) is 4.79 Å². The molecule has 2 N–H and O–H groups in total. The summed E-state index contributed by atoms with van der Waals surface area (Å²) in [5, 5.41) is 11.4. The van der Waals surface area contributed by atoms with Crippen molar-refractivity contribution in [1.82, 2.24) is 0 Å². The number of aliphatic hydroxyl groups excluding tert-OH is 1. The van der Waals surface area contributed by atoms with Crippen LogP contribution in [0.2, 0.25) is 0 Å². The maximum Gasteiger partial charge on any atom is 0.253 e. The van der Waals surface area contributed by atoms with Crippen LogP contribution in [0.5, 0.6) is 0 Å². The van der Waals surface area contributed by atoms with Gasteiger partial charge in [-0.1, -0.05) is 17.9 Å². The van der Waals surface area contributed by atoms with Crippen molar-refractivity contribution in [2.45, 2.75) is 20.0 Å². The molecule has 0 spiro atoms. The van der Waals surface area contributed by atoms with Crippen molar-refractivity contribution in [1.29, 1.82) is 0 Å². The molecule has 1 atom stereocenters. The normalized spacial score (nSPS) is 11.3. The Morgan fingerprint density at radius 3 is 2.89 bits per heavy atom. The Bertz CT molecular complexity index is 486. The van der Waals surface area contributed by atoms with Gasteiger partial charge in [0.15, 0.2) is 0 Å². The number of benzene rings is 1. The molecule has 4 nitrogen and oxygen atoms in total. The molecule has 0 aliphatic rings. The molecule has 96 valence electrons. The lowest BCUT2D eigenvalue weighted by molar-refractivity contribution is -0.124. The van der Waals surface area contributed by atoms with E-state index in [0.717, 1.165) is 11.1 Å². The molecule has 0 saturated heterocycles. The minimum absolute atomic E-state index is 0.184. The highest BCUT2D eigenvalue weighted by atomic mass is 16.5. The van der Waals surface area contributed by atoms with E-state index in [-0.39, 0.29) is 12.5 Å². The number of carbonyl (C=O) groups excluding carboxylic acids is 1. The second-order valence-corrected chi connectivity index (χ2v) is 3.86. The zero-order valence-corrected chi connectivity index (χ0v) is 10.8. The largest absolute Gasteiger partial charge is 0.384 e. The molecule has 1 aromatic carbocycles. The van der Waals surface area contributed by atoms with Crippen LogP contribution in [0.3, 0.4) is 0 Å². The summed E-state index contributed by atoms with van der Waals surface area (Å²) in [7, 11) is 1.49. The van der Waals surface area contributed by atoms with Crippen molar-refractivity contribution in [3.05, 3.63) is 29.3 Å². The van der Waals surface area contributed by atoms with E-state index in [0.29, 0.717) is 5.69 Å². The van der Waals surface area contributed by atoms with Crippen LogP contribution in [0, 0.1) is 18.8 Å². The van der Waals surface area contributed by atoms with Gasteiger partial charge in [0.25, 0.3) is 5.91 Å². The Morgan fingerprint density at radius 2 is 2.28 bits per heavy atom. The van der Waals surface area contributed by atoms with Crippen LogP contribution >= 0.6 is 0 Å². The number of amides is 1. The fraction of sp³-hybridized carbons (Fsp3) is 0.357. The molecule has 1 rings (SSSR count). The van der Waals surface area contributed by atoms with E-state index in [9.17, 15) is 4.79 Å². The van der Waals surface area contributed by atoms with Crippen molar-refractivity contribution >= 4 is 11.6 Å². The minimum atomic E-state index is -0.503. The molecule has 0 aliphatic heterocycles. The maximum atomic E-state index is 11.7. The van der Waals surface area contributed by atoms with Crippen LogP contribution in [-0.4, -0.2) is 30.8 Å². The van der Waals surface area contributed by atoms with Crippen LogP contribution in [0.25, 0.3) is 0 Å². The van der Waals surface area contributed by atoms with Crippen molar-refractivity contribution in [3.8, 4) is 11.8 Å². The number of aliphatic hydroxyl groups is 1. The average Bonchev–Trinajstić information content (AvgIpc) is 2.38. The predicted octanol–water partition coefficient (Wildman–Crippen LogP) is 1.31. The summed E-state index contributed by atoms with van der Waals surface area (Å²) in [5.41, 5.74) is 2.39. The molecule has 4 heteroatoms. The molecule has 0 bridgehead atoms. The lowest BCUT2D eigenvalue weighted by atomic mass is 10.1. The number of ether oxygens (including phenoxy) is 1. The van der Waals surface area contributed by atoms with Crippen molar-refractivity contribution in [2.24, 2.45) is 0 Å². The van der Waals surface area contributed by atoms with E-state index in [2.05, 4.69) is 17.2 Å². The van der Waals surface area contributed by atoms with Crippen LogP contribution in [0.15, 0.2) is 18.2 Å². The minimum Gasteiger partial charge on any atom is -0.384 e. The summed E-state index contributed by atoms with van der Waals surface area (Å²) in [6.07, 6.45) is -0.503. The monoisotopic (exact) mass is 247 g/mol. The highest BCUT2D eigenvalue weighted by molar-refractivity contribution is 5.94. The number of anilines is 1. The fourth-order valence-corrected chi connectivity index (χ4v) is 1.32. The predicted molar refractivity (Wildman–Crippen MR) is 70.2 cm³/mol. The Hall–Kier alpha value is -1.83. The summed E-state index contributed by atoms with van der Waals surface area (Å²) >= 11 is 0. The third-order valence-electron chi connectivity index (χ3n) is 2.53. The van der Waals surface area contributed by atoms with Gasteiger partial charge in [0.2, 0.25) is 0 Å². The van der Waals surface area contributed by atoms with E-state index < -0.39 is 6.10 Å². The van der Waals surface area contributed by atoms with Gasteiger partial charge in [-0.2, -0.15) is 0 Å². The Morgan fingerprint density at radius 1 is 1.56 bits per heavy atom. The highest BCUT2D eigenvalue weighted by Crippen LogP contribution is 2.16. The Balaban J connectivity index is 2.91. The number of methoxy groups -OCH3 is 1. The van der Waals surface area contributed by atoms with E-state index in [4.69, 9.17) is 9.84 Å². The van der Waals surface area contributed by atoms with Gasteiger partial charge in [0.1, 0.15) is 12.7 Å². The number of hydrogen-bond donors (Lipinski definition) is 2. The third kappa shape index (κ3) is 3.88. The van der Waals surface area contributed by atoms with Gasteiger partial charge in [-0.15, -0.1) is 0 Å². The zero-order chi connectivity index (χ0) is 13.5. The molecule has 0 aromatic heterocycles. The Kier molecular flexibility index (Phi) is 5.37. The lowest BCUT2D eigenvalue weighted by Gasteiger charge is -2.12. The van der Waals surface area contributed by atoms with E-state index in [1.165, 1.54) is 7.11 Å². The van der Waals surface area contributed by atoms with Crippen molar-refractivity contribution in [3.63, 3.8) is 0 Å². The SMILES string of the molecule is COC(C)C(=O)Nc1cc(C#CCO)ccc1C. The summed E-state index contributed by atoms with van der Waals surface area (Å²) in [5.74, 6) is 5.16. The molecule has 1 unspecified atom stereocenters. The van der Waals surface area contributed by atoms with E-state index in [1.807, 2.05) is 19.1 Å². The first-order chi connectivity index (χ1) is 8.58. The first-order valence-corrected chi connectivity index (χ1v) is 5.62. The molecule has 0 heterocycles. The average molecular weight is 247 g/mol. The van der Waals surface area contributed by atoms with Crippen molar-refractivity contribution in [2.75, 3.05) is 19.0 Å². The van der Waals surface area contributed by atoms with Crippen LogP contribution in [0.4, 0.5) is 5.69 Å². The van der Waals surface area contributed by atoms with Gasteiger partial charge in [-0.05, 0) is 31.5 Å². The molecule has 1 aromatic rings. The molecule has 1 amide bonds. The molecule has 0 fully saturated rings. The first-order valence-electron chi connectivity index (χ1n) is 5.62. The number of rotatable bonds is 3. The van der Waals surface area contributed by atoms with E-state index in [1.54, 1.807) is 13.0 Å². The standard InChI is InChI=1S/C14H17NO3/c1-10-6-7-12(5-4-8-16)9-13(10)15-14(17)11(2)18-3/h6-7,9,11,16H,8H2,1-3H3,(H,15,17).